The van der Waals surface area contributed by atoms with Gasteiger partial charge < -0.3 is 15.0 Å². The summed E-state index contributed by atoms with van der Waals surface area (Å²) in [5, 5.41) is 2.84. The number of nitrogens with zero attached hydrogens (tertiary/aromatic N) is 2. The highest BCUT2D eigenvalue weighted by Gasteiger charge is 2.27. The number of benzene rings is 1. The second-order valence-electron chi connectivity index (χ2n) is 7.38. The molecule has 3 rings (SSSR count). The second-order valence-corrected chi connectivity index (χ2v) is 7.38. The van der Waals surface area contributed by atoms with Gasteiger partial charge in [0.1, 0.15) is 11.6 Å². The number of piperidine rings is 1. The minimum absolute atomic E-state index is 0.0202. The van der Waals surface area contributed by atoms with Gasteiger partial charge >= 0.3 is 0 Å². The van der Waals surface area contributed by atoms with Crippen LogP contribution < -0.4 is 10.1 Å². The van der Waals surface area contributed by atoms with Gasteiger partial charge in [0, 0.05) is 25.2 Å². The Morgan fingerprint density at radius 3 is 2.64 bits per heavy atom. The van der Waals surface area contributed by atoms with Gasteiger partial charge in [-0.2, -0.15) is 0 Å². The quantitative estimate of drug-likeness (QED) is 0.832. The lowest BCUT2D eigenvalue weighted by Crippen LogP contribution is -2.43. The van der Waals surface area contributed by atoms with Gasteiger partial charge in [-0.05, 0) is 48.6 Å². The van der Waals surface area contributed by atoms with Crippen molar-refractivity contribution in [2.75, 3.05) is 25.0 Å². The summed E-state index contributed by atoms with van der Waals surface area (Å²) in [7, 11) is 0. The van der Waals surface area contributed by atoms with Crippen LogP contribution in [0.25, 0.3) is 0 Å². The molecule has 2 heterocycles. The number of carbonyl (C=O) groups excluding carboxylic acids is 2. The number of aromatic nitrogens is 1. The molecule has 0 bridgehead atoms. The fourth-order valence-electron chi connectivity index (χ4n) is 3.26. The van der Waals surface area contributed by atoms with Gasteiger partial charge in [-0.25, -0.2) is 4.98 Å². The molecule has 1 N–H and O–H groups in total. The maximum atomic E-state index is 12.4. The lowest BCUT2D eigenvalue weighted by molar-refractivity contribution is -0.136. The molecule has 0 spiro atoms. The number of rotatable bonds is 6. The van der Waals surface area contributed by atoms with Crippen molar-refractivity contribution in [2.45, 2.75) is 32.6 Å². The highest BCUT2D eigenvalue weighted by Crippen LogP contribution is 2.21. The van der Waals surface area contributed by atoms with E-state index in [4.69, 9.17) is 4.74 Å². The molecule has 1 fully saturated rings. The van der Waals surface area contributed by atoms with Crippen LogP contribution in [-0.4, -0.2) is 41.4 Å². The van der Waals surface area contributed by atoms with Crippen LogP contribution >= 0.6 is 0 Å². The van der Waals surface area contributed by atoms with E-state index in [0.29, 0.717) is 43.4 Å². The van der Waals surface area contributed by atoms with E-state index in [9.17, 15) is 9.59 Å². The Kier molecular flexibility index (Phi) is 6.63. The number of nitrogens with one attached hydrogen (secondary N) is 1. The van der Waals surface area contributed by atoms with Gasteiger partial charge in [0.2, 0.25) is 5.91 Å². The van der Waals surface area contributed by atoms with Crippen LogP contribution in [0.2, 0.25) is 0 Å². The first-order valence-corrected chi connectivity index (χ1v) is 9.75. The maximum Gasteiger partial charge on any atom is 0.260 e. The molecule has 0 aliphatic carbocycles. The van der Waals surface area contributed by atoms with Crippen molar-refractivity contribution in [3.05, 3.63) is 54.2 Å². The number of amides is 2. The molecule has 0 radical (unpaired) electrons. The molecule has 0 saturated carbocycles. The Bertz CT molecular complexity index is 800. The van der Waals surface area contributed by atoms with Crippen molar-refractivity contribution < 1.29 is 14.3 Å². The zero-order valence-electron chi connectivity index (χ0n) is 16.4. The summed E-state index contributed by atoms with van der Waals surface area (Å²) in [5.74, 6) is 1.50. The first kappa shape index (κ1) is 19.9. The van der Waals surface area contributed by atoms with E-state index in [0.717, 1.165) is 0 Å². The predicted molar refractivity (Wildman–Crippen MR) is 108 cm³/mol. The van der Waals surface area contributed by atoms with Crippen LogP contribution in [0.3, 0.4) is 0 Å². The largest absolute Gasteiger partial charge is 0.484 e. The van der Waals surface area contributed by atoms with Crippen LogP contribution in [0.5, 0.6) is 5.75 Å². The summed E-state index contributed by atoms with van der Waals surface area (Å²) >= 11 is 0. The van der Waals surface area contributed by atoms with Crippen molar-refractivity contribution >= 4 is 17.6 Å². The average molecular weight is 381 g/mol. The fraction of sp³-hybridized carbons (Fsp3) is 0.409. The van der Waals surface area contributed by atoms with E-state index in [1.165, 1.54) is 5.56 Å². The monoisotopic (exact) mass is 381 g/mol. The molecule has 1 aromatic heterocycles. The van der Waals surface area contributed by atoms with E-state index in [1.807, 2.05) is 24.3 Å². The predicted octanol–water partition coefficient (Wildman–Crippen LogP) is 3.46. The summed E-state index contributed by atoms with van der Waals surface area (Å²) < 4.78 is 5.69. The minimum Gasteiger partial charge on any atom is -0.484 e. The minimum atomic E-state index is -0.102. The summed E-state index contributed by atoms with van der Waals surface area (Å²) in [4.78, 5) is 30.7. The third kappa shape index (κ3) is 5.31. The first-order chi connectivity index (χ1) is 13.5. The lowest BCUT2D eigenvalue weighted by Gasteiger charge is -2.31. The summed E-state index contributed by atoms with van der Waals surface area (Å²) in [6.45, 7) is 5.40. The first-order valence-electron chi connectivity index (χ1n) is 9.75. The third-order valence-corrected chi connectivity index (χ3v) is 5.02. The molecule has 28 heavy (non-hydrogen) atoms. The second kappa shape index (κ2) is 9.35. The number of anilines is 1. The van der Waals surface area contributed by atoms with Crippen molar-refractivity contribution in [1.29, 1.82) is 0 Å². The molecule has 148 valence electrons. The molecule has 6 nitrogen and oxygen atoms in total. The Labute approximate surface area is 165 Å². The van der Waals surface area contributed by atoms with Gasteiger partial charge in [-0.15, -0.1) is 0 Å². The van der Waals surface area contributed by atoms with Crippen LogP contribution in [0.15, 0.2) is 48.7 Å². The van der Waals surface area contributed by atoms with E-state index in [1.54, 1.807) is 23.2 Å². The molecule has 2 amide bonds. The van der Waals surface area contributed by atoms with E-state index >= 15 is 0 Å². The van der Waals surface area contributed by atoms with Crippen molar-refractivity contribution in [3.63, 3.8) is 0 Å². The van der Waals surface area contributed by atoms with Crippen LogP contribution in [-0.2, 0) is 9.59 Å². The number of hydrogen-bond donors (Lipinski definition) is 1. The maximum absolute atomic E-state index is 12.4. The Morgan fingerprint density at radius 2 is 1.96 bits per heavy atom. The Morgan fingerprint density at radius 1 is 1.18 bits per heavy atom. The summed E-state index contributed by atoms with van der Waals surface area (Å²) in [6, 6.07) is 13.3. The molecule has 1 aromatic carbocycles. The van der Waals surface area contributed by atoms with Crippen LogP contribution in [0.4, 0.5) is 5.82 Å². The smallest absolute Gasteiger partial charge is 0.260 e. The zero-order chi connectivity index (χ0) is 19.9. The van der Waals surface area contributed by atoms with E-state index in [2.05, 4.69) is 30.2 Å². The van der Waals surface area contributed by atoms with Crippen molar-refractivity contribution in [3.8, 4) is 5.75 Å². The molecular weight excluding hydrogens is 354 g/mol. The molecule has 1 saturated heterocycles. The number of carbonyl (C=O) groups is 2. The Balaban J connectivity index is 1.45. The van der Waals surface area contributed by atoms with Crippen molar-refractivity contribution in [1.82, 2.24) is 9.88 Å². The number of ether oxygens (including phenoxy) is 1. The van der Waals surface area contributed by atoms with Crippen LogP contribution in [0, 0.1) is 5.92 Å². The van der Waals surface area contributed by atoms with Gasteiger partial charge in [0.15, 0.2) is 6.61 Å². The van der Waals surface area contributed by atoms with Crippen molar-refractivity contribution in [2.24, 2.45) is 5.92 Å². The summed E-state index contributed by atoms with van der Waals surface area (Å²) in [5.41, 5.74) is 1.18. The summed E-state index contributed by atoms with van der Waals surface area (Å²) in [6.07, 6.45) is 2.94. The lowest BCUT2D eigenvalue weighted by atomic mass is 9.96. The normalized spacial score (nSPS) is 14.8. The molecule has 0 unspecified atom stereocenters. The highest BCUT2D eigenvalue weighted by molar-refractivity contribution is 5.91. The zero-order valence-corrected chi connectivity index (χ0v) is 16.4. The van der Waals surface area contributed by atoms with Gasteiger partial charge in [-0.3, -0.25) is 9.59 Å². The number of pyridine rings is 1. The van der Waals surface area contributed by atoms with Gasteiger partial charge in [0.05, 0.1) is 0 Å². The fourth-order valence-corrected chi connectivity index (χ4v) is 3.26. The SMILES string of the molecule is CC(C)c1cccc(OCC(=O)N2CCC(C(=O)Nc3ccccn3)CC2)c1. The number of likely N-dealkylation sites (tertiary alicyclic amines) is 1. The molecule has 1 aliphatic rings. The van der Waals surface area contributed by atoms with Crippen LogP contribution in [0.1, 0.15) is 38.2 Å². The Hall–Kier alpha value is -2.89. The molecule has 0 atom stereocenters. The highest BCUT2D eigenvalue weighted by atomic mass is 16.5. The molecule has 6 heteroatoms. The van der Waals surface area contributed by atoms with E-state index in [-0.39, 0.29) is 24.3 Å². The van der Waals surface area contributed by atoms with Gasteiger partial charge in [-0.1, -0.05) is 32.0 Å². The number of hydrogen-bond acceptors (Lipinski definition) is 4. The molecule has 1 aliphatic heterocycles. The van der Waals surface area contributed by atoms with E-state index < -0.39 is 0 Å². The molecule has 2 aromatic rings. The standard InChI is InChI=1S/C22H27N3O3/c1-16(2)18-6-5-7-19(14-18)28-15-21(26)25-12-9-17(10-13-25)22(27)24-20-8-3-4-11-23-20/h3-8,11,14,16-17H,9-10,12-13,15H2,1-2H3,(H,23,24,27). The molecular formula is C22H27N3O3. The van der Waals surface area contributed by atoms with Gasteiger partial charge in [0.25, 0.3) is 5.91 Å². The average Bonchev–Trinajstić information content (AvgIpc) is 2.73. The third-order valence-electron chi connectivity index (χ3n) is 5.02. The topological polar surface area (TPSA) is 71.5 Å².